The predicted octanol–water partition coefficient (Wildman–Crippen LogP) is 4.14. The summed E-state index contributed by atoms with van der Waals surface area (Å²) in [5.74, 6) is 0. The van der Waals surface area contributed by atoms with E-state index in [0.29, 0.717) is 18.4 Å². The fourth-order valence-electron chi connectivity index (χ4n) is 3.73. The van der Waals surface area contributed by atoms with Crippen LogP contribution < -0.4 is 10.6 Å². The van der Waals surface area contributed by atoms with Crippen LogP contribution in [-0.2, 0) is 25.9 Å². The molecule has 1 aromatic carbocycles. The first kappa shape index (κ1) is 29.2. The zero-order valence-corrected chi connectivity index (χ0v) is 23.0. The van der Waals surface area contributed by atoms with Crippen LogP contribution in [0.5, 0.6) is 0 Å². The molecule has 1 amide bonds. The standard InChI is InChI=1S/C25H38ClN3O5S/c1-7-15-29(35(6,31)32)25(26)17-21(13-14-27-25)18-33-19-24(5,16-20-11-9-8-10-12-20)28-22(30)34-23(2,3)4/h8-14,17,27H,7,15-16,18-19H2,1-6H3,(H,28,30). The van der Waals surface area contributed by atoms with Gasteiger partial charge in [-0.25, -0.2) is 13.2 Å². The first-order valence-corrected chi connectivity index (χ1v) is 13.8. The number of alkyl carbamates (subject to hydrolysis) is 1. The van der Waals surface area contributed by atoms with Gasteiger partial charge in [0.2, 0.25) is 15.1 Å². The Kier molecular flexibility index (Phi) is 9.81. The lowest BCUT2D eigenvalue weighted by Gasteiger charge is -2.37. The fraction of sp³-hybridized carbons (Fsp3) is 0.560. The molecule has 0 fully saturated rings. The summed E-state index contributed by atoms with van der Waals surface area (Å²) in [6, 6.07) is 9.80. The highest BCUT2D eigenvalue weighted by Gasteiger charge is 2.39. The average molecular weight is 528 g/mol. The summed E-state index contributed by atoms with van der Waals surface area (Å²) in [6.07, 6.45) is 6.78. The lowest BCUT2D eigenvalue weighted by molar-refractivity contribution is 0.0347. The van der Waals surface area contributed by atoms with Crippen molar-refractivity contribution in [2.75, 3.05) is 26.0 Å². The van der Waals surface area contributed by atoms with Crippen LogP contribution in [0, 0.1) is 0 Å². The minimum atomic E-state index is -3.56. The van der Waals surface area contributed by atoms with Crippen molar-refractivity contribution < 1.29 is 22.7 Å². The van der Waals surface area contributed by atoms with Gasteiger partial charge in [-0.2, -0.15) is 4.31 Å². The predicted molar refractivity (Wildman–Crippen MR) is 140 cm³/mol. The number of halogens is 1. The van der Waals surface area contributed by atoms with E-state index in [9.17, 15) is 13.2 Å². The van der Waals surface area contributed by atoms with E-state index < -0.39 is 32.4 Å². The van der Waals surface area contributed by atoms with Crippen LogP contribution in [0.1, 0.15) is 46.6 Å². The summed E-state index contributed by atoms with van der Waals surface area (Å²) in [5, 5.41) is 4.47. The lowest BCUT2D eigenvalue weighted by atomic mass is 9.93. The van der Waals surface area contributed by atoms with Crippen LogP contribution in [0.4, 0.5) is 4.79 Å². The molecule has 0 aliphatic carbocycles. The van der Waals surface area contributed by atoms with E-state index in [1.807, 2.05) is 65.0 Å². The molecule has 0 aromatic heterocycles. The molecule has 10 heteroatoms. The smallest absolute Gasteiger partial charge is 0.408 e. The molecule has 0 saturated heterocycles. The molecule has 0 spiro atoms. The van der Waals surface area contributed by atoms with Gasteiger partial charge in [0.25, 0.3) is 0 Å². The number of benzene rings is 1. The Hall–Kier alpha value is -2.07. The number of alkyl halides is 1. The van der Waals surface area contributed by atoms with Crippen LogP contribution in [0.25, 0.3) is 0 Å². The van der Waals surface area contributed by atoms with Crippen LogP contribution in [-0.4, -0.2) is 61.1 Å². The zero-order chi connectivity index (χ0) is 26.3. The monoisotopic (exact) mass is 527 g/mol. The number of carbonyl (C=O) groups is 1. The molecule has 35 heavy (non-hydrogen) atoms. The lowest BCUT2D eigenvalue weighted by Crippen LogP contribution is -2.55. The fourth-order valence-corrected chi connectivity index (χ4v) is 5.50. The third-order valence-corrected chi connectivity index (χ3v) is 6.87. The van der Waals surface area contributed by atoms with Gasteiger partial charge in [-0.15, -0.1) is 0 Å². The van der Waals surface area contributed by atoms with Crippen molar-refractivity contribution in [1.29, 1.82) is 0 Å². The molecule has 1 aromatic rings. The molecule has 196 valence electrons. The average Bonchev–Trinajstić information content (AvgIpc) is 2.70. The van der Waals surface area contributed by atoms with E-state index in [2.05, 4.69) is 10.6 Å². The molecule has 2 N–H and O–H groups in total. The molecular formula is C25H38ClN3O5S. The topological polar surface area (TPSA) is 97.0 Å². The van der Waals surface area contributed by atoms with Gasteiger partial charge >= 0.3 is 6.09 Å². The number of nitrogens with zero attached hydrogens (tertiary/aromatic N) is 1. The summed E-state index contributed by atoms with van der Waals surface area (Å²) >= 11 is 6.68. The number of nitrogens with one attached hydrogen (secondary N) is 2. The highest BCUT2D eigenvalue weighted by Crippen LogP contribution is 2.28. The highest BCUT2D eigenvalue weighted by molar-refractivity contribution is 7.88. The largest absolute Gasteiger partial charge is 0.444 e. The molecule has 2 atom stereocenters. The first-order valence-electron chi connectivity index (χ1n) is 11.6. The summed E-state index contributed by atoms with van der Waals surface area (Å²) in [6.45, 7) is 9.85. The molecule has 8 nitrogen and oxygen atoms in total. The van der Waals surface area contributed by atoms with Crippen molar-refractivity contribution in [3.05, 3.63) is 59.8 Å². The number of sulfonamides is 1. The van der Waals surface area contributed by atoms with Crippen LogP contribution in [0.3, 0.4) is 0 Å². The highest BCUT2D eigenvalue weighted by atomic mass is 35.5. The van der Waals surface area contributed by atoms with Gasteiger partial charge in [0.15, 0.2) is 0 Å². The first-order chi connectivity index (χ1) is 16.2. The van der Waals surface area contributed by atoms with Crippen molar-refractivity contribution in [2.45, 2.75) is 63.7 Å². The van der Waals surface area contributed by atoms with Gasteiger partial charge in [-0.1, -0.05) is 48.9 Å². The van der Waals surface area contributed by atoms with Gasteiger partial charge < -0.3 is 20.1 Å². The van der Waals surface area contributed by atoms with Crippen molar-refractivity contribution in [1.82, 2.24) is 14.9 Å². The quantitative estimate of drug-likeness (QED) is 0.331. The Bertz CT molecular complexity index is 1020. The molecule has 0 bridgehead atoms. The Morgan fingerprint density at radius 2 is 1.86 bits per heavy atom. The van der Waals surface area contributed by atoms with Gasteiger partial charge in [0.05, 0.1) is 25.0 Å². The minimum Gasteiger partial charge on any atom is -0.444 e. The van der Waals surface area contributed by atoms with Crippen LogP contribution in [0.15, 0.2) is 54.3 Å². The Morgan fingerprint density at radius 3 is 2.43 bits per heavy atom. The summed E-state index contributed by atoms with van der Waals surface area (Å²) in [4.78, 5) is 12.5. The maximum Gasteiger partial charge on any atom is 0.408 e. The molecule has 1 aliphatic heterocycles. The van der Waals surface area contributed by atoms with E-state index in [4.69, 9.17) is 21.1 Å². The molecule has 1 heterocycles. The van der Waals surface area contributed by atoms with E-state index in [0.717, 1.165) is 11.8 Å². The molecule has 2 unspecified atom stereocenters. The van der Waals surface area contributed by atoms with Crippen LogP contribution in [0.2, 0.25) is 0 Å². The molecule has 0 radical (unpaired) electrons. The third kappa shape index (κ3) is 9.48. The zero-order valence-electron chi connectivity index (χ0n) is 21.4. The van der Waals surface area contributed by atoms with E-state index in [-0.39, 0.29) is 19.8 Å². The van der Waals surface area contributed by atoms with Gasteiger partial charge in [-0.05, 0) is 70.0 Å². The number of carbonyl (C=O) groups excluding carboxylic acids is 1. The van der Waals surface area contributed by atoms with Crippen molar-refractivity contribution in [3.63, 3.8) is 0 Å². The number of amides is 1. The third-order valence-electron chi connectivity index (χ3n) is 5.08. The summed E-state index contributed by atoms with van der Waals surface area (Å²) in [5.41, 5.74) is 0.373. The second-order valence-corrected chi connectivity index (χ2v) is 12.5. The molecular weight excluding hydrogens is 490 g/mol. The normalized spacial score (nSPS) is 20.1. The van der Waals surface area contributed by atoms with Crippen molar-refractivity contribution in [3.8, 4) is 0 Å². The second kappa shape index (κ2) is 11.8. The van der Waals surface area contributed by atoms with Gasteiger partial charge in [0, 0.05) is 6.54 Å². The number of ether oxygens (including phenoxy) is 2. The Balaban J connectivity index is 2.15. The van der Waals surface area contributed by atoms with Gasteiger partial charge in [0.1, 0.15) is 5.60 Å². The van der Waals surface area contributed by atoms with E-state index >= 15 is 0 Å². The second-order valence-electron chi connectivity index (χ2n) is 10.0. The van der Waals surface area contributed by atoms with Crippen LogP contribution >= 0.6 is 11.6 Å². The molecule has 1 aliphatic rings. The SMILES string of the molecule is CCCN(C1(Cl)C=C(COCC(C)(Cc2ccccc2)NC(=O)OC(C)(C)C)C=CN1)S(C)(=O)=O. The Morgan fingerprint density at radius 1 is 1.20 bits per heavy atom. The molecule has 2 rings (SSSR count). The summed E-state index contributed by atoms with van der Waals surface area (Å²) < 4.78 is 37.3. The minimum absolute atomic E-state index is 0.177. The van der Waals surface area contributed by atoms with E-state index in [1.54, 1.807) is 18.4 Å². The van der Waals surface area contributed by atoms with Crippen molar-refractivity contribution >= 4 is 27.7 Å². The number of hydrogen-bond acceptors (Lipinski definition) is 6. The maximum atomic E-state index is 12.5. The Labute approximate surface area is 214 Å². The van der Waals surface area contributed by atoms with Crippen molar-refractivity contribution in [2.24, 2.45) is 0 Å². The number of hydrogen-bond donors (Lipinski definition) is 2. The maximum absolute atomic E-state index is 12.5. The van der Waals surface area contributed by atoms with E-state index in [1.165, 1.54) is 4.31 Å². The summed E-state index contributed by atoms with van der Waals surface area (Å²) in [7, 11) is -3.56. The number of dihydropyridines is 1. The number of rotatable bonds is 11. The van der Waals surface area contributed by atoms with Gasteiger partial charge in [-0.3, -0.25) is 0 Å². The molecule has 0 saturated carbocycles.